The van der Waals surface area contributed by atoms with E-state index in [2.05, 4.69) is 30.4 Å². The molecule has 2 aromatic heterocycles. The number of H-pyrrole nitrogens is 1. The third kappa shape index (κ3) is 6.07. The number of hydrogen-bond acceptors (Lipinski definition) is 9. The fraction of sp³-hybridized carbons (Fsp3) is 0.346. The monoisotopic (exact) mass is 508 g/mol. The maximum Gasteiger partial charge on any atom is 0.246 e. The largest absolute Gasteiger partial charge is 0.493 e. The van der Waals surface area contributed by atoms with Gasteiger partial charge in [-0.15, -0.1) is 5.10 Å². The second-order valence-corrected chi connectivity index (χ2v) is 8.81. The van der Waals surface area contributed by atoms with Crippen LogP contribution in [0.2, 0.25) is 0 Å². The number of aliphatic hydroxyl groups is 1. The lowest BCUT2D eigenvalue weighted by molar-refractivity contribution is 0.0752. The van der Waals surface area contributed by atoms with Gasteiger partial charge in [-0.1, -0.05) is 12.1 Å². The highest BCUT2D eigenvalue weighted by Gasteiger charge is 2.18. The van der Waals surface area contributed by atoms with Crippen molar-refractivity contribution < 1.29 is 23.7 Å². The molecule has 5 rings (SSSR count). The van der Waals surface area contributed by atoms with Crippen molar-refractivity contribution >= 4 is 22.5 Å². The molecule has 0 bridgehead atoms. The van der Waals surface area contributed by atoms with Crippen LogP contribution in [0, 0.1) is 5.82 Å². The van der Waals surface area contributed by atoms with Gasteiger partial charge in [0.1, 0.15) is 36.6 Å². The number of aromatic nitrogens is 4. The zero-order valence-electron chi connectivity index (χ0n) is 20.5. The number of halogens is 1. The van der Waals surface area contributed by atoms with Crippen molar-refractivity contribution in [2.24, 2.45) is 0 Å². The van der Waals surface area contributed by atoms with Gasteiger partial charge in [0, 0.05) is 31.4 Å². The number of benzene rings is 2. The van der Waals surface area contributed by atoms with Crippen molar-refractivity contribution in [3.05, 3.63) is 60.2 Å². The zero-order chi connectivity index (χ0) is 25.6. The van der Waals surface area contributed by atoms with Gasteiger partial charge in [-0.05, 0) is 42.7 Å². The van der Waals surface area contributed by atoms with Crippen LogP contribution in [0.25, 0.3) is 11.0 Å². The van der Waals surface area contributed by atoms with Gasteiger partial charge < -0.3 is 24.6 Å². The van der Waals surface area contributed by atoms with Crippen LogP contribution in [0.1, 0.15) is 18.4 Å². The highest BCUT2D eigenvalue weighted by Crippen LogP contribution is 2.34. The SMILES string of the molecule is COc1cc(Nc2ncnc3[nH]nc(OCCN4CCC(O)CC4)c23)ccc1OCc1cccc(F)c1. The summed E-state index contributed by atoms with van der Waals surface area (Å²) in [6, 6.07) is 11.7. The van der Waals surface area contributed by atoms with Gasteiger partial charge in [-0.2, -0.15) is 0 Å². The Morgan fingerprint density at radius 3 is 2.78 bits per heavy atom. The summed E-state index contributed by atoms with van der Waals surface area (Å²) in [6.45, 7) is 3.11. The number of aliphatic hydroxyl groups excluding tert-OH is 1. The summed E-state index contributed by atoms with van der Waals surface area (Å²) in [5.74, 6) is 1.69. The van der Waals surface area contributed by atoms with Crippen LogP contribution in [0.4, 0.5) is 15.9 Å². The topological polar surface area (TPSA) is 118 Å². The fourth-order valence-corrected chi connectivity index (χ4v) is 4.24. The third-order valence-corrected chi connectivity index (χ3v) is 6.24. The normalized spacial score (nSPS) is 14.6. The smallest absolute Gasteiger partial charge is 0.246 e. The molecule has 11 heteroatoms. The Morgan fingerprint density at radius 2 is 1.97 bits per heavy atom. The number of anilines is 2. The fourth-order valence-electron chi connectivity index (χ4n) is 4.24. The van der Waals surface area contributed by atoms with Crippen molar-refractivity contribution in [1.29, 1.82) is 0 Å². The molecule has 0 radical (unpaired) electrons. The molecule has 3 N–H and O–H groups in total. The Balaban J connectivity index is 1.27. The predicted molar refractivity (Wildman–Crippen MR) is 136 cm³/mol. The molecule has 1 fully saturated rings. The van der Waals surface area contributed by atoms with E-state index in [1.807, 2.05) is 6.07 Å². The number of hydrogen-bond donors (Lipinski definition) is 3. The first-order valence-electron chi connectivity index (χ1n) is 12.1. The van der Waals surface area contributed by atoms with E-state index in [4.69, 9.17) is 14.2 Å². The molecule has 4 aromatic rings. The molecule has 0 amide bonds. The van der Waals surface area contributed by atoms with Crippen LogP contribution in [-0.4, -0.2) is 69.6 Å². The highest BCUT2D eigenvalue weighted by molar-refractivity contribution is 5.93. The van der Waals surface area contributed by atoms with Crippen molar-refractivity contribution in [2.75, 3.05) is 38.7 Å². The standard InChI is InChI=1S/C26H29FN6O4/c1-35-22-14-19(5-6-21(22)37-15-17-3-2-4-18(27)13-17)30-24-23-25(29-16-28-24)31-32-26(23)36-12-11-33-9-7-20(34)8-10-33/h2-6,13-14,16,20,34H,7-12,15H2,1H3,(H2,28,29,30,31,32). The van der Waals surface area contributed by atoms with Crippen LogP contribution in [0.15, 0.2) is 48.8 Å². The van der Waals surface area contributed by atoms with Gasteiger partial charge in [0.25, 0.3) is 0 Å². The number of piperidine rings is 1. The number of nitrogens with zero attached hydrogens (tertiary/aromatic N) is 4. The van der Waals surface area contributed by atoms with E-state index >= 15 is 0 Å². The molecule has 0 saturated carbocycles. The van der Waals surface area contributed by atoms with Gasteiger partial charge in [-0.3, -0.25) is 10.00 Å². The third-order valence-electron chi connectivity index (χ3n) is 6.24. The van der Waals surface area contributed by atoms with Crippen molar-refractivity contribution in [3.63, 3.8) is 0 Å². The lowest BCUT2D eigenvalue weighted by Gasteiger charge is -2.29. The zero-order valence-corrected chi connectivity index (χ0v) is 20.5. The Kier molecular flexibility index (Phi) is 7.62. The summed E-state index contributed by atoms with van der Waals surface area (Å²) < 4.78 is 30.8. The van der Waals surface area contributed by atoms with Gasteiger partial charge >= 0.3 is 0 Å². The summed E-state index contributed by atoms with van der Waals surface area (Å²) in [7, 11) is 1.56. The molecule has 10 nitrogen and oxygen atoms in total. The van der Waals surface area contributed by atoms with Crippen LogP contribution >= 0.6 is 0 Å². The first-order valence-corrected chi connectivity index (χ1v) is 12.1. The number of aromatic amines is 1. The first kappa shape index (κ1) is 24.7. The summed E-state index contributed by atoms with van der Waals surface area (Å²) in [5.41, 5.74) is 1.99. The molecule has 0 atom stereocenters. The number of rotatable bonds is 10. The second kappa shape index (κ2) is 11.4. The van der Waals surface area contributed by atoms with Gasteiger partial charge in [0.05, 0.1) is 13.2 Å². The molecule has 2 aromatic carbocycles. The number of likely N-dealkylation sites (tertiary alicyclic amines) is 1. The lowest BCUT2D eigenvalue weighted by atomic mass is 10.1. The van der Waals surface area contributed by atoms with E-state index in [9.17, 15) is 9.50 Å². The molecule has 0 aliphatic carbocycles. The average Bonchev–Trinajstić information content (AvgIpc) is 3.33. The minimum absolute atomic E-state index is 0.203. The predicted octanol–water partition coefficient (Wildman–Crippen LogP) is 3.66. The van der Waals surface area contributed by atoms with Crippen molar-refractivity contribution in [1.82, 2.24) is 25.1 Å². The summed E-state index contributed by atoms with van der Waals surface area (Å²) >= 11 is 0. The summed E-state index contributed by atoms with van der Waals surface area (Å²) in [6.07, 6.45) is 2.81. The molecular weight excluding hydrogens is 479 g/mol. The Labute approximate surface area is 213 Å². The van der Waals surface area contributed by atoms with E-state index < -0.39 is 0 Å². The first-order chi connectivity index (χ1) is 18.1. The molecule has 1 saturated heterocycles. The Bertz CT molecular complexity index is 1340. The number of fused-ring (bicyclic) bond motifs is 1. The Morgan fingerprint density at radius 1 is 1.11 bits per heavy atom. The minimum atomic E-state index is -0.308. The molecule has 0 spiro atoms. The lowest BCUT2D eigenvalue weighted by Crippen LogP contribution is -2.38. The second-order valence-electron chi connectivity index (χ2n) is 8.81. The quantitative estimate of drug-likeness (QED) is 0.295. The van der Waals surface area contributed by atoms with Crippen LogP contribution < -0.4 is 19.5 Å². The molecule has 37 heavy (non-hydrogen) atoms. The molecule has 0 unspecified atom stereocenters. The summed E-state index contributed by atoms with van der Waals surface area (Å²) in [4.78, 5) is 10.9. The van der Waals surface area contributed by atoms with Gasteiger partial charge in [0.2, 0.25) is 5.88 Å². The van der Waals surface area contributed by atoms with E-state index in [1.165, 1.54) is 18.5 Å². The molecular formula is C26H29FN6O4. The number of nitrogens with one attached hydrogen (secondary N) is 2. The minimum Gasteiger partial charge on any atom is -0.493 e. The number of methoxy groups -OCH3 is 1. The van der Waals surface area contributed by atoms with E-state index in [-0.39, 0.29) is 18.5 Å². The maximum atomic E-state index is 13.5. The van der Waals surface area contributed by atoms with E-state index in [0.29, 0.717) is 46.5 Å². The van der Waals surface area contributed by atoms with Crippen LogP contribution in [0.5, 0.6) is 17.4 Å². The van der Waals surface area contributed by atoms with E-state index in [1.54, 1.807) is 31.4 Å². The molecule has 194 valence electrons. The summed E-state index contributed by atoms with van der Waals surface area (Å²) in [5, 5.41) is 20.8. The highest BCUT2D eigenvalue weighted by atomic mass is 19.1. The van der Waals surface area contributed by atoms with Crippen molar-refractivity contribution in [2.45, 2.75) is 25.6 Å². The number of ether oxygens (including phenoxy) is 3. The average molecular weight is 509 g/mol. The molecule has 3 heterocycles. The van der Waals surface area contributed by atoms with Gasteiger partial charge in [-0.25, -0.2) is 14.4 Å². The van der Waals surface area contributed by atoms with E-state index in [0.717, 1.165) is 38.0 Å². The Hall–Kier alpha value is -3.96. The molecule has 1 aliphatic heterocycles. The van der Waals surface area contributed by atoms with Crippen LogP contribution in [0.3, 0.4) is 0 Å². The van der Waals surface area contributed by atoms with Gasteiger partial charge in [0.15, 0.2) is 17.1 Å². The maximum absolute atomic E-state index is 13.5. The molecule has 1 aliphatic rings. The van der Waals surface area contributed by atoms with Crippen LogP contribution in [-0.2, 0) is 6.61 Å². The van der Waals surface area contributed by atoms with Crippen molar-refractivity contribution in [3.8, 4) is 17.4 Å².